The number of halogens is 3. The Hall–Kier alpha value is -1.81. The topological polar surface area (TPSA) is 83.9 Å². The number of rotatable bonds is 4. The van der Waals surface area contributed by atoms with E-state index in [-0.39, 0.29) is 24.4 Å². The summed E-state index contributed by atoms with van der Waals surface area (Å²) in [6.07, 6.45) is -4.66. The van der Waals surface area contributed by atoms with E-state index in [1.165, 1.54) is 0 Å². The number of carboxylic acid groups (broad SMARTS) is 1. The van der Waals surface area contributed by atoms with Gasteiger partial charge in [0.2, 0.25) is 10.0 Å². The fourth-order valence-corrected chi connectivity index (χ4v) is 3.61. The van der Waals surface area contributed by atoms with Crippen LogP contribution >= 0.6 is 0 Å². The lowest BCUT2D eigenvalue weighted by atomic mass is 10.1. The number of sulfonamides is 1. The molecule has 1 aliphatic heterocycles. The third-order valence-electron chi connectivity index (χ3n) is 3.20. The zero-order chi connectivity index (χ0) is 16.5. The monoisotopic (exact) mass is 339 g/mol. The quantitative estimate of drug-likeness (QED) is 0.902. The van der Waals surface area contributed by atoms with E-state index in [0.29, 0.717) is 0 Å². The standard InChI is InChI=1S/C12H12F3NO5S/c13-12(14,15)21-9-1-3-10(4-2-9)22(19,20)16-6-5-8(7-16)11(17)18/h1-4,8H,5-7H2,(H,17,18). The largest absolute Gasteiger partial charge is 0.573 e. The predicted octanol–water partition coefficient (Wildman–Crippen LogP) is 1.68. The van der Waals surface area contributed by atoms with Gasteiger partial charge in [-0.15, -0.1) is 13.2 Å². The number of benzene rings is 1. The van der Waals surface area contributed by atoms with E-state index in [0.717, 1.165) is 28.6 Å². The summed E-state index contributed by atoms with van der Waals surface area (Å²) in [6, 6.07) is 3.77. The molecule has 0 aliphatic carbocycles. The predicted molar refractivity (Wildman–Crippen MR) is 67.6 cm³/mol. The molecule has 1 atom stereocenters. The van der Waals surface area contributed by atoms with Gasteiger partial charge < -0.3 is 9.84 Å². The zero-order valence-electron chi connectivity index (χ0n) is 11.1. The average molecular weight is 339 g/mol. The smallest absolute Gasteiger partial charge is 0.481 e. The van der Waals surface area contributed by atoms with Gasteiger partial charge in [0.05, 0.1) is 10.8 Å². The van der Waals surface area contributed by atoms with Crippen LogP contribution in [0.1, 0.15) is 6.42 Å². The van der Waals surface area contributed by atoms with Gasteiger partial charge in [-0.05, 0) is 30.7 Å². The van der Waals surface area contributed by atoms with Gasteiger partial charge in [-0.25, -0.2) is 8.42 Å². The van der Waals surface area contributed by atoms with Gasteiger partial charge >= 0.3 is 12.3 Å². The number of aliphatic carboxylic acids is 1. The van der Waals surface area contributed by atoms with Crippen molar-refractivity contribution in [2.24, 2.45) is 5.92 Å². The van der Waals surface area contributed by atoms with E-state index < -0.39 is 34.0 Å². The molecule has 0 aromatic heterocycles. The van der Waals surface area contributed by atoms with Gasteiger partial charge in [0, 0.05) is 13.1 Å². The third-order valence-corrected chi connectivity index (χ3v) is 5.07. The summed E-state index contributed by atoms with van der Waals surface area (Å²) in [5, 5.41) is 8.87. The van der Waals surface area contributed by atoms with E-state index in [9.17, 15) is 26.4 Å². The van der Waals surface area contributed by atoms with Gasteiger partial charge in [-0.1, -0.05) is 0 Å². The molecule has 1 fully saturated rings. The molecule has 0 radical (unpaired) electrons. The summed E-state index contributed by atoms with van der Waals surface area (Å²) in [4.78, 5) is 10.6. The molecule has 0 bridgehead atoms. The van der Waals surface area contributed by atoms with Crippen molar-refractivity contribution >= 4 is 16.0 Å². The van der Waals surface area contributed by atoms with Crippen LogP contribution in [0, 0.1) is 5.92 Å². The lowest BCUT2D eigenvalue weighted by molar-refractivity contribution is -0.274. The second-order valence-electron chi connectivity index (χ2n) is 4.71. The first-order chi connectivity index (χ1) is 10.1. The van der Waals surface area contributed by atoms with Gasteiger partial charge in [0.15, 0.2) is 0 Å². The van der Waals surface area contributed by atoms with Crippen molar-refractivity contribution in [3.05, 3.63) is 24.3 Å². The maximum atomic E-state index is 12.3. The average Bonchev–Trinajstić information content (AvgIpc) is 2.87. The van der Waals surface area contributed by atoms with E-state index in [4.69, 9.17) is 5.11 Å². The van der Waals surface area contributed by atoms with Crippen LogP contribution < -0.4 is 4.74 Å². The highest BCUT2D eigenvalue weighted by Crippen LogP contribution is 2.27. The van der Waals surface area contributed by atoms with E-state index >= 15 is 0 Å². The highest BCUT2D eigenvalue weighted by molar-refractivity contribution is 7.89. The summed E-state index contributed by atoms with van der Waals surface area (Å²) in [5.74, 6) is -2.38. The molecule has 1 unspecified atom stereocenters. The lowest BCUT2D eigenvalue weighted by Gasteiger charge is -2.16. The molecule has 122 valence electrons. The number of alkyl halides is 3. The minimum atomic E-state index is -4.86. The van der Waals surface area contributed by atoms with E-state index in [1.54, 1.807) is 0 Å². The Morgan fingerprint density at radius 3 is 2.32 bits per heavy atom. The van der Waals surface area contributed by atoms with Crippen molar-refractivity contribution in [2.75, 3.05) is 13.1 Å². The fourth-order valence-electron chi connectivity index (χ4n) is 2.11. The van der Waals surface area contributed by atoms with Crippen LogP contribution in [0.25, 0.3) is 0 Å². The molecular formula is C12H12F3NO5S. The van der Waals surface area contributed by atoms with Crippen LogP contribution in [0.15, 0.2) is 29.2 Å². The van der Waals surface area contributed by atoms with Crippen LogP contribution in [-0.4, -0.2) is 43.3 Å². The molecule has 0 spiro atoms. The second kappa shape index (κ2) is 5.76. The Morgan fingerprint density at radius 1 is 1.27 bits per heavy atom. The first-order valence-electron chi connectivity index (χ1n) is 6.18. The minimum Gasteiger partial charge on any atom is -0.481 e. The molecule has 1 saturated heterocycles. The molecule has 1 aliphatic rings. The summed E-state index contributed by atoms with van der Waals surface area (Å²) >= 11 is 0. The summed E-state index contributed by atoms with van der Waals surface area (Å²) in [6.45, 7) is -0.0986. The molecule has 22 heavy (non-hydrogen) atoms. The highest BCUT2D eigenvalue weighted by atomic mass is 32.2. The Balaban J connectivity index is 2.15. The molecular weight excluding hydrogens is 327 g/mol. The molecule has 6 nitrogen and oxygen atoms in total. The number of hydrogen-bond donors (Lipinski definition) is 1. The SMILES string of the molecule is O=C(O)C1CCN(S(=O)(=O)c2ccc(OC(F)(F)F)cc2)C1. The minimum absolute atomic E-state index is 0.0557. The Bertz CT molecular complexity index is 656. The summed E-state index contributed by atoms with van der Waals surface area (Å²) in [5.41, 5.74) is 0. The maximum Gasteiger partial charge on any atom is 0.573 e. The molecule has 1 aromatic carbocycles. The maximum absolute atomic E-state index is 12.3. The molecule has 2 rings (SSSR count). The van der Waals surface area contributed by atoms with Crippen LogP contribution in [0.5, 0.6) is 5.75 Å². The van der Waals surface area contributed by atoms with Crippen LogP contribution in [-0.2, 0) is 14.8 Å². The Morgan fingerprint density at radius 2 is 1.86 bits per heavy atom. The third kappa shape index (κ3) is 3.69. The Labute approximate surface area is 124 Å². The van der Waals surface area contributed by atoms with Crippen molar-refractivity contribution in [1.82, 2.24) is 4.31 Å². The first kappa shape index (κ1) is 16.6. The molecule has 1 N–H and O–H groups in total. The van der Waals surface area contributed by atoms with Crippen LogP contribution in [0.3, 0.4) is 0 Å². The first-order valence-corrected chi connectivity index (χ1v) is 7.62. The van der Waals surface area contributed by atoms with Crippen LogP contribution in [0.4, 0.5) is 13.2 Å². The van der Waals surface area contributed by atoms with Crippen molar-refractivity contribution in [3.8, 4) is 5.75 Å². The van der Waals surface area contributed by atoms with Crippen molar-refractivity contribution in [3.63, 3.8) is 0 Å². The van der Waals surface area contributed by atoms with Gasteiger partial charge in [-0.2, -0.15) is 4.31 Å². The summed E-state index contributed by atoms with van der Waals surface area (Å²) < 4.78 is 65.3. The molecule has 1 heterocycles. The molecule has 0 amide bonds. The van der Waals surface area contributed by atoms with Crippen LogP contribution in [0.2, 0.25) is 0 Å². The number of nitrogens with zero attached hydrogens (tertiary/aromatic N) is 1. The lowest BCUT2D eigenvalue weighted by Crippen LogP contribution is -2.30. The number of carboxylic acids is 1. The molecule has 10 heteroatoms. The van der Waals surface area contributed by atoms with E-state index in [2.05, 4.69) is 4.74 Å². The normalized spacial score (nSPS) is 20.0. The second-order valence-corrected chi connectivity index (χ2v) is 6.64. The van der Waals surface area contributed by atoms with Crippen molar-refractivity contribution in [2.45, 2.75) is 17.7 Å². The van der Waals surface area contributed by atoms with Crippen molar-refractivity contribution < 1.29 is 36.2 Å². The van der Waals surface area contributed by atoms with E-state index in [1.807, 2.05) is 0 Å². The van der Waals surface area contributed by atoms with Gasteiger partial charge in [0.1, 0.15) is 5.75 Å². The molecule has 1 aromatic rings. The fraction of sp³-hybridized carbons (Fsp3) is 0.417. The van der Waals surface area contributed by atoms with Crippen molar-refractivity contribution in [1.29, 1.82) is 0 Å². The number of ether oxygens (including phenoxy) is 1. The number of hydrogen-bond acceptors (Lipinski definition) is 4. The highest BCUT2D eigenvalue weighted by Gasteiger charge is 2.36. The Kier molecular flexibility index (Phi) is 4.34. The van der Waals surface area contributed by atoms with Gasteiger partial charge in [0.25, 0.3) is 0 Å². The zero-order valence-corrected chi connectivity index (χ0v) is 11.9. The molecule has 0 saturated carbocycles. The van der Waals surface area contributed by atoms with Gasteiger partial charge in [-0.3, -0.25) is 4.79 Å². The number of carbonyl (C=O) groups is 1. The summed E-state index contributed by atoms with van der Waals surface area (Å²) in [7, 11) is -3.93.